The van der Waals surface area contributed by atoms with Crippen LogP contribution in [-0.2, 0) is 9.59 Å². The normalized spacial score (nSPS) is 13.8. The molecular weight excluding hydrogens is 258 g/mol. The fraction of sp³-hybridized carbons (Fsp3) is 0.467. The third kappa shape index (κ3) is 3.50. The van der Waals surface area contributed by atoms with Gasteiger partial charge >= 0.3 is 5.97 Å². The summed E-state index contributed by atoms with van der Waals surface area (Å²) in [5, 5.41) is 8.85. The van der Waals surface area contributed by atoms with Crippen molar-refractivity contribution in [3.05, 3.63) is 24.3 Å². The number of benzene rings is 1. The number of carbonyl (C=O) groups excluding carboxylic acids is 1. The molecule has 2 rings (SSSR count). The second-order valence-electron chi connectivity index (χ2n) is 4.81. The number of carbonyl (C=O) groups is 2. The van der Waals surface area contributed by atoms with Crippen LogP contribution in [0.1, 0.15) is 26.2 Å². The molecule has 0 heterocycles. The first-order chi connectivity index (χ1) is 9.63. The third-order valence-corrected chi connectivity index (χ3v) is 3.20. The number of hydrogen-bond donors (Lipinski definition) is 1. The average molecular weight is 277 g/mol. The van der Waals surface area contributed by atoms with Gasteiger partial charge in [-0.1, -0.05) is 12.1 Å². The van der Waals surface area contributed by atoms with Crippen LogP contribution < -0.4 is 9.64 Å². The number of aliphatic carboxylic acids is 1. The summed E-state index contributed by atoms with van der Waals surface area (Å²) in [5.74, 6) is -0.251. The smallest absolute Gasteiger partial charge is 0.305 e. The van der Waals surface area contributed by atoms with Crippen molar-refractivity contribution in [1.82, 2.24) is 0 Å². The van der Waals surface area contributed by atoms with E-state index in [0.29, 0.717) is 18.0 Å². The molecule has 0 aromatic heterocycles. The first kappa shape index (κ1) is 14.4. The minimum atomic E-state index is -0.910. The number of nitrogens with zero attached hydrogens (tertiary/aromatic N) is 1. The molecule has 0 aliphatic heterocycles. The lowest BCUT2D eigenvalue weighted by molar-refractivity contribution is -0.136. The van der Waals surface area contributed by atoms with Gasteiger partial charge in [0.15, 0.2) is 0 Å². The molecule has 20 heavy (non-hydrogen) atoms. The van der Waals surface area contributed by atoms with E-state index in [9.17, 15) is 9.59 Å². The first-order valence-electron chi connectivity index (χ1n) is 6.88. The molecule has 1 aromatic carbocycles. The number of anilines is 1. The van der Waals surface area contributed by atoms with Crippen molar-refractivity contribution in [2.24, 2.45) is 5.92 Å². The topological polar surface area (TPSA) is 66.8 Å². The van der Waals surface area contributed by atoms with Gasteiger partial charge in [0.25, 0.3) is 0 Å². The number of rotatable bonds is 7. The van der Waals surface area contributed by atoms with E-state index >= 15 is 0 Å². The second kappa shape index (κ2) is 6.41. The predicted molar refractivity (Wildman–Crippen MR) is 74.9 cm³/mol. The minimum Gasteiger partial charge on any atom is -0.492 e. The highest BCUT2D eigenvalue weighted by molar-refractivity contribution is 5.98. The summed E-state index contributed by atoms with van der Waals surface area (Å²) in [6.07, 6.45) is 1.71. The Balaban J connectivity index is 2.24. The van der Waals surface area contributed by atoms with E-state index < -0.39 is 5.97 Å². The van der Waals surface area contributed by atoms with Crippen molar-refractivity contribution in [3.63, 3.8) is 0 Å². The Morgan fingerprint density at radius 3 is 2.65 bits per heavy atom. The molecule has 108 valence electrons. The highest BCUT2D eigenvalue weighted by Crippen LogP contribution is 2.36. The van der Waals surface area contributed by atoms with Crippen molar-refractivity contribution in [3.8, 4) is 5.75 Å². The molecule has 1 amide bonds. The van der Waals surface area contributed by atoms with E-state index in [0.717, 1.165) is 12.8 Å². The highest BCUT2D eigenvalue weighted by atomic mass is 16.5. The first-order valence-corrected chi connectivity index (χ1v) is 6.88. The van der Waals surface area contributed by atoms with Gasteiger partial charge in [0.05, 0.1) is 18.7 Å². The van der Waals surface area contributed by atoms with Crippen molar-refractivity contribution < 1.29 is 19.4 Å². The van der Waals surface area contributed by atoms with E-state index in [-0.39, 0.29) is 24.8 Å². The fourth-order valence-corrected chi connectivity index (χ4v) is 2.07. The molecule has 1 fully saturated rings. The Hall–Kier alpha value is -2.04. The Labute approximate surface area is 118 Å². The molecule has 0 unspecified atom stereocenters. The molecule has 0 spiro atoms. The summed E-state index contributed by atoms with van der Waals surface area (Å²) in [7, 11) is 0. The third-order valence-electron chi connectivity index (χ3n) is 3.20. The predicted octanol–water partition coefficient (Wildman–Crippen LogP) is 2.30. The van der Waals surface area contributed by atoms with Gasteiger partial charge in [0.2, 0.25) is 5.91 Å². The number of ether oxygens (including phenoxy) is 1. The maximum absolute atomic E-state index is 12.4. The van der Waals surface area contributed by atoms with Crippen molar-refractivity contribution in [1.29, 1.82) is 0 Å². The summed E-state index contributed by atoms with van der Waals surface area (Å²) >= 11 is 0. The van der Waals surface area contributed by atoms with Crippen LogP contribution in [0.5, 0.6) is 5.75 Å². The SMILES string of the molecule is CCOc1ccccc1N(CCC(=O)O)C(=O)C1CC1. The van der Waals surface area contributed by atoms with Crippen LogP contribution in [0.25, 0.3) is 0 Å². The summed E-state index contributed by atoms with van der Waals surface area (Å²) in [4.78, 5) is 24.7. The lowest BCUT2D eigenvalue weighted by atomic mass is 10.2. The minimum absolute atomic E-state index is 0.00148. The molecule has 0 saturated heterocycles. The van der Waals surface area contributed by atoms with Crippen LogP contribution in [0.15, 0.2) is 24.3 Å². The quantitative estimate of drug-likeness (QED) is 0.830. The van der Waals surface area contributed by atoms with E-state index in [1.165, 1.54) is 0 Å². The second-order valence-corrected chi connectivity index (χ2v) is 4.81. The molecule has 1 N–H and O–H groups in total. The van der Waals surface area contributed by atoms with Crippen LogP contribution in [0.3, 0.4) is 0 Å². The molecule has 0 atom stereocenters. The molecule has 1 aromatic rings. The Morgan fingerprint density at radius 1 is 1.35 bits per heavy atom. The maximum Gasteiger partial charge on any atom is 0.305 e. The summed E-state index contributed by atoms with van der Waals surface area (Å²) in [6, 6.07) is 7.26. The van der Waals surface area contributed by atoms with Crippen LogP contribution in [0.4, 0.5) is 5.69 Å². The van der Waals surface area contributed by atoms with Crippen LogP contribution in [0, 0.1) is 5.92 Å². The number of carboxylic acid groups (broad SMARTS) is 1. The van der Waals surface area contributed by atoms with Gasteiger partial charge in [-0.25, -0.2) is 0 Å². The maximum atomic E-state index is 12.4. The summed E-state index contributed by atoms with van der Waals surface area (Å²) in [5.41, 5.74) is 0.660. The standard InChI is InChI=1S/C15H19NO4/c1-2-20-13-6-4-3-5-12(13)16(10-9-14(17)18)15(19)11-7-8-11/h3-6,11H,2,7-10H2,1H3,(H,17,18). The van der Waals surface area contributed by atoms with Gasteiger partial charge in [-0.05, 0) is 31.9 Å². The molecule has 1 saturated carbocycles. The Morgan fingerprint density at radius 2 is 2.05 bits per heavy atom. The zero-order valence-corrected chi connectivity index (χ0v) is 11.5. The average Bonchev–Trinajstić information content (AvgIpc) is 3.25. The van der Waals surface area contributed by atoms with Crippen LogP contribution >= 0.6 is 0 Å². The number of para-hydroxylation sites is 2. The number of amides is 1. The van der Waals surface area contributed by atoms with Gasteiger partial charge in [0.1, 0.15) is 5.75 Å². The Kier molecular flexibility index (Phi) is 4.61. The van der Waals surface area contributed by atoms with E-state index in [1.807, 2.05) is 19.1 Å². The molecule has 0 bridgehead atoms. The summed E-state index contributed by atoms with van der Waals surface area (Å²) in [6.45, 7) is 2.55. The van der Waals surface area contributed by atoms with Crippen molar-refractivity contribution in [2.45, 2.75) is 26.2 Å². The monoisotopic (exact) mass is 277 g/mol. The molecule has 1 aliphatic carbocycles. The molecule has 0 radical (unpaired) electrons. The zero-order chi connectivity index (χ0) is 14.5. The van der Waals surface area contributed by atoms with Crippen LogP contribution in [-0.4, -0.2) is 30.1 Å². The lowest BCUT2D eigenvalue weighted by Crippen LogP contribution is -2.34. The molecule has 5 heteroatoms. The molecule has 1 aliphatic rings. The number of carboxylic acids is 1. The summed E-state index contributed by atoms with van der Waals surface area (Å²) < 4.78 is 5.53. The molecular formula is C15H19NO4. The Bertz CT molecular complexity index is 496. The zero-order valence-electron chi connectivity index (χ0n) is 11.5. The van der Waals surface area contributed by atoms with E-state index in [1.54, 1.807) is 17.0 Å². The van der Waals surface area contributed by atoms with Gasteiger partial charge < -0.3 is 14.7 Å². The lowest BCUT2D eigenvalue weighted by Gasteiger charge is -2.24. The highest BCUT2D eigenvalue weighted by Gasteiger charge is 2.35. The van der Waals surface area contributed by atoms with Gasteiger partial charge in [-0.3, -0.25) is 9.59 Å². The number of hydrogen-bond acceptors (Lipinski definition) is 3. The largest absolute Gasteiger partial charge is 0.492 e. The van der Waals surface area contributed by atoms with Crippen molar-refractivity contribution >= 4 is 17.6 Å². The van der Waals surface area contributed by atoms with Crippen molar-refractivity contribution in [2.75, 3.05) is 18.1 Å². The fourth-order valence-electron chi connectivity index (χ4n) is 2.07. The molecule has 5 nitrogen and oxygen atoms in total. The van der Waals surface area contributed by atoms with Crippen LogP contribution in [0.2, 0.25) is 0 Å². The van der Waals surface area contributed by atoms with E-state index in [4.69, 9.17) is 9.84 Å². The van der Waals surface area contributed by atoms with E-state index in [2.05, 4.69) is 0 Å². The van der Waals surface area contributed by atoms with Gasteiger partial charge in [-0.2, -0.15) is 0 Å². The van der Waals surface area contributed by atoms with Gasteiger partial charge in [-0.15, -0.1) is 0 Å². The van der Waals surface area contributed by atoms with Gasteiger partial charge in [0, 0.05) is 12.5 Å².